The topological polar surface area (TPSA) is 17.1 Å². The predicted octanol–water partition coefficient (Wildman–Crippen LogP) is 3.81. The normalized spacial score (nSPS) is 33.9. The Bertz CT molecular complexity index is 223. The van der Waals surface area contributed by atoms with Gasteiger partial charge >= 0.3 is 0 Å². The van der Waals surface area contributed by atoms with Gasteiger partial charge in [-0.25, -0.2) is 0 Å². The van der Waals surface area contributed by atoms with Gasteiger partial charge in [-0.1, -0.05) is 25.7 Å². The van der Waals surface area contributed by atoms with E-state index in [1.54, 1.807) is 0 Å². The van der Waals surface area contributed by atoms with Crippen molar-refractivity contribution in [1.29, 1.82) is 0 Å². The first kappa shape index (κ1) is 11.5. The largest absolute Gasteiger partial charge is 0.298 e. The summed E-state index contributed by atoms with van der Waals surface area (Å²) in [4.78, 5) is 12.5. The fourth-order valence-corrected chi connectivity index (χ4v) is 4.28. The zero-order valence-corrected chi connectivity index (χ0v) is 10.6. The molecule has 0 radical (unpaired) electrons. The summed E-state index contributed by atoms with van der Waals surface area (Å²) in [7, 11) is 0. The Morgan fingerprint density at radius 3 is 2.33 bits per heavy atom. The molecule has 0 aromatic carbocycles. The minimum atomic E-state index is -0.0188. The second-order valence-electron chi connectivity index (χ2n) is 5.24. The van der Waals surface area contributed by atoms with Crippen molar-refractivity contribution in [2.45, 2.75) is 63.0 Å². The van der Waals surface area contributed by atoms with Crippen molar-refractivity contribution in [3.63, 3.8) is 0 Å². The van der Waals surface area contributed by atoms with Gasteiger partial charge in [0.2, 0.25) is 0 Å². The molecule has 1 atom stereocenters. The maximum Gasteiger partial charge on any atom is 0.151 e. The zero-order valence-electron chi connectivity index (χ0n) is 9.76. The lowest BCUT2D eigenvalue weighted by molar-refractivity contribution is -0.125. The molecule has 0 N–H and O–H groups in total. The molecule has 1 saturated heterocycles. The number of rotatable bonds is 2. The van der Waals surface area contributed by atoms with Crippen LogP contribution < -0.4 is 0 Å². The quantitative estimate of drug-likeness (QED) is 0.666. The third kappa shape index (κ3) is 2.58. The van der Waals surface area contributed by atoms with Gasteiger partial charge in [-0.05, 0) is 38.4 Å². The molecule has 1 aliphatic heterocycles. The van der Waals surface area contributed by atoms with Crippen LogP contribution in [-0.4, -0.2) is 16.3 Å². The van der Waals surface area contributed by atoms with Crippen LogP contribution in [0, 0.1) is 5.92 Å². The third-order valence-corrected chi connectivity index (χ3v) is 5.50. The van der Waals surface area contributed by atoms with Gasteiger partial charge in [-0.2, -0.15) is 0 Å². The van der Waals surface area contributed by atoms with E-state index in [-0.39, 0.29) is 4.75 Å². The lowest BCUT2D eigenvalue weighted by Crippen LogP contribution is -2.34. The van der Waals surface area contributed by atoms with Gasteiger partial charge in [0.1, 0.15) is 0 Å². The Hall–Kier alpha value is 0.0200. The van der Waals surface area contributed by atoms with Crippen LogP contribution in [0.3, 0.4) is 0 Å². The molecule has 86 valence electrons. The van der Waals surface area contributed by atoms with Crippen LogP contribution in [0.1, 0.15) is 58.3 Å². The highest BCUT2D eigenvalue weighted by Gasteiger charge is 2.40. The number of carbonyl (C=O) groups excluding carboxylic acids is 1. The molecule has 2 rings (SSSR count). The van der Waals surface area contributed by atoms with Gasteiger partial charge in [0.05, 0.1) is 4.75 Å². The number of thioether (sulfide) groups is 1. The molecule has 15 heavy (non-hydrogen) atoms. The van der Waals surface area contributed by atoms with Crippen LogP contribution in [0.2, 0.25) is 0 Å². The van der Waals surface area contributed by atoms with Gasteiger partial charge in [0, 0.05) is 5.92 Å². The number of hydrogen-bond donors (Lipinski definition) is 0. The van der Waals surface area contributed by atoms with E-state index in [0.29, 0.717) is 11.7 Å². The van der Waals surface area contributed by atoms with Gasteiger partial charge in [0.25, 0.3) is 0 Å². The molecule has 2 aliphatic rings. The van der Waals surface area contributed by atoms with Crippen LogP contribution in [0.25, 0.3) is 0 Å². The van der Waals surface area contributed by atoms with Crippen molar-refractivity contribution in [1.82, 2.24) is 0 Å². The van der Waals surface area contributed by atoms with Crippen LogP contribution in [0.15, 0.2) is 0 Å². The lowest BCUT2D eigenvalue weighted by Gasteiger charge is -2.26. The van der Waals surface area contributed by atoms with E-state index in [1.807, 2.05) is 11.8 Å². The van der Waals surface area contributed by atoms with Crippen molar-refractivity contribution in [2.75, 3.05) is 5.75 Å². The van der Waals surface area contributed by atoms with Crippen LogP contribution in [0.5, 0.6) is 0 Å². The molecule has 2 fully saturated rings. The zero-order chi connectivity index (χ0) is 10.7. The van der Waals surface area contributed by atoms with E-state index in [4.69, 9.17) is 0 Å². The number of Topliss-reactive ketones (excluding diaryl/α,β-unsaturated/α-hetero) is 1. The highest BCUT2D eigenvalue weighted by Crippen LogP contribution is 2.42. The van der Waals surface area contributed by atoms with Crippen LogP contribution in [0.4, 0.5) is 0 Å². The monoisotopic (exact) mass is 226 g/mol. The Morgan fingerprint density at radius 2 is 1.80 bits per heavy atom. The average molecular weight is 226 g/mol. The first-order valence-electron chi connectivity index (χ1n) is 6.41. The van der Waals surface area contributed by atoms with E-state index >= 15 is 0 Å². The fraction of sp³-hybridized carbons (Fsp3) is 0.923. The molecule has 0 amide bonds. The second-order valence-corrected chi connectivity index (χ2v) is 6.83. The summed E-state index contributed by atoms with van der Waals surface area (Å²) >= 11 is 1.90. The molecule has 1 unspecified atom stereocenters. The first-order chi connectivity index (χ1) is 7.22. The van der Waals surface area contributed by atoms with Crippen molar-refractivity contribution in [3.05, 3.63) is 0 Å². The Balaban J connectivity index is 1.98. The summed E-state index contributed by atoms with van der Waals surface area (Å²) in [5, 5.41) is 0. The number of ketones is 1. The van der Waals surface area contributed by atoms with Crippen molar-refractivity contribution < 1.29 is 4.79 Å². The van der Waals surface area contributed by atoms with E-state index in [0.717, 1.165) is 19.3 Å². The Morgan fingerprint density at radius 1 is 1.13 bits per heavy atom. The Kier molecular flexibility index (Phi) is 3.76. The SMILES string of the molecule is CC1(C(=O)C2CCCCCC2)CCCS1. The van der Waals surface area contributed by atoms with Gasteiger partial charge in [-0.3, -0.25) is 4.79 Å². The molecule has 0 spiro atoms. The molecule has 1 heterocycles. The third-order valence-electron chi connectivity index (χ3n) is 3.97. The summed E-state index contributed by atoms with van der Waals surface area (Å²) in [6, 6.07) is 0. The minimum absolute atomic E-state index is 0.0188. The van der Waals surface area contributed by atoms with Crippen molar-refractivity contribution >= 4 is 17.5 Å². The predicted molar refractivity (Wildman–Crippen MR) is 66.3 cm³/mol. The van der Waals surface area contributed by atoms with E-state index < -0.39 is 0 Å². The van der Waals surface area contributed by atoms with E-state index in [2.05, 4.69) is 6.92 Å². The number of carbonyl (C=O) groups is 1. The highest BCUT2D eigenvalue weighted by molar-refractivity contribution is 8.01. The summed E-state index contributed by atoms with van der Waals surface area (Å²) < 4.78 is -0.0188. The lowest BCUT2D eigenvalue weighted by atomic mass is 9.86. The first-order valence-corrected chi connectivity index (χ1v) is 7.39. The molecular weight excluding hydrogens is 204 g/mol. The van der Waals surface area contributed by atoms with E-state index in [9.17, 15) is 4.79 Å². The van der Waals surface area contributed by atoms with Gasteiger partial charge in [-0.15, -0.1) is 11.8 Å². The second kappa shape index (κ2) is 4.90. The minimum Gasteiger partial charge on any atom is -0.298 e. The van der Waals surface area contributed by atoms with Gasteiger partial charge in [0.15, 0.2) is 5.78 Å². The molecule has 1 aliphatic carbocycles. The Labute approximate surface area is 97.4 Å². The number of hydrogen-bond acceptors (Lipinski definition) is 2. The average Bonchev–Trinajstić information content (AvgIpc) is 2.54. The van der Waals surface area contributed by atoms with Crippen LogP contribution in [-0.2, 0) is 4.79 Å². The van der Waals surface area contributed by atoms with Crippen molar-refractivity contribution in [2.24, 2.45) is 5.92 Å². The summed E-state index contributed by atoms with van der Waals surface area (Å²) in [5.74, 6) is 2.16. The van der Waals surface area contributed by atoms with Crippen molar-refractivity contribution in [3.8, 4) is 0 Å². The summed E-state index contributed by atoms with van der Waals surface area (Å²) in [5.41, 5.74) is 0. The van der Waals surface area contributed by atoms with E-state index in [1.165, 1.54) is 37.9 Å². The smallest absolute Gasteiger partial charge is 0.151 e. The molecular formula is C13H22OS. The standard InChI is InChI=1S/C13H22OS/c1-13(9-6-10-15-13)12(14)11-7-4-2-3-5-8-11/h11H,2-10H2,1H3. The maximum absolute atomic E-state index is 12.5. The molecule has 1 saturated carbocycles. The maximum atomic E-state index is 12.5. The van der Waals surface area contributed by atoms with Gasteiger partial charge < -0.3 is 0 Å². The molecule has 0 aromatic heterocycles. The summed E-state index contributed by atoms with van der Waals surface area (Å²) in [6.45, 7) is 2.18. The summed E-state index contributed by atoms with van der Waals surface area (Å²) in [6.07, 6.45) is 9.91. The van der Waals surface area contributed by atoms with Crippen LogP contribution >= 0.6 is 11.8 Å². The molecule has 1 nitrogen and oxygen atoms in total. The molecule has 2 heteroatoms. The fourth-order valence-electron chi connectivity index (χ4n) is 2.95. The molecule has 0 bridgehead atoms. The molecule has 0 aromatic rings. The highest BCUT2D eigenvalue weighted by atomic mass is 32.2.